The van der Waals surface area contributed by atoms with Crippen molar-refractivity contribution < 1.29 is 14.2 Å². The zero-order valence-electron chi connectivity index (χ0n) is 16.6. The second-order valence-electron chi connectivity index (χ2n) is 6.75. The monoisotopic (exact) mass is 392 g/mol. The smallest absolute Gasteiger partial charge is 0.230 e. The van der Waals surface area contributed by atoms with E-state index in [1.165, 1.54) is 5.69 Å². The Labute approximate surface area is 170 Å². The van der Waals surface area contributed by atoms with Gasteiger partial charge in [-0.1, -0.05) is 6.07 Å². The number of morpholine rings is 1. The minimum Gasteiger partial charge on any atom is -0.493 e. The van der Waals surface area contributed by atoms with Crippen LogP contribution in [0.3, 0.4) is 0 Å². The van der Waals surface area contributed by atoms with Crippen molar-refractivity contribution in [1.82, 2.24) is 9.97 Å². The second kappa shape index (κ2) is 8.79. The fraction of sp³-hybridized carbons (Fsp3) is 0.273. The molecule has 2 heterocycles. The van der Waals surface area contributed by atoms with Crippen LogP contribution in [0.4, 0.5) is 17.3 Å². The van der Waals surface area contributed by atoms with Gasteiger partial charge in [0.25, 0.3) is 0 Å². The first kappa shape index (κ1) is 19.0. The molecule has 29 heavy (non-hydrogen) atoms. The summed E-state index contributed by atoms with van der Waals surface area (Å²) < 4.78 is 16.7. The van der Waals surface area contributed by atoms with E-state index >= 15 is 0 Å². The van der Waals surface area contributed by atoms with Crippen LogP contribution in [0.15, 0.2) is 54.7 Å². The minimum atomic E-state index is 0.439. The molecule has 1 aliphatic heterocycles. The number of nitrogens with one attached hydrogen (secondary N) is 1. The molecule has 3 aromatic rings. The van der Waals surface area contributed by atoms with E-state index in [1.54, 1.807) is 19.4 Å². The quantitative estimate of drug-likeness (QED) is 0.675. The zero-order valence-corrected chi connectivity index (χ0v) is 16.6. The zero-order chi connectivity index (χ0) is 20.1. The number of aromatic nitrogens is 2. The molecular weight excluding hydrogens is 368 g/mol. The van der Waals surface area contributed by atoms with Crippen LogP contribution >= 0.6 is 0 Å². The molecule has 2 aromatic carbocycles. The Bertz CT molecular complexity index is 957. The molecule has 0 spiro atoms. The molecule has 1 fully saturated rings. The summed E-state index contributed by atoms with van der Waals surface area (Å²) >= 11 is 0. The van der Waals surface area contributed by atoms with Gasteiger partial charge in [0.05, 0.1) is 20.3 Å². The number of ether oxygens (including phenoxy) is 3. The van der Waals surface area contributed by atoms with Crippen molar-refractivity contribution in [1.29, 1.82) is 0 Å². The lowest BCUT2D eigenvalue weighted by Gasteiger charge is -2.28. The van der Waals surface area contributed by atoms with Gasteiger partial charge in [0.15, 0.2) is 11.5 Å². The van der Waals surface area contributed by atoms with Crippen LogP contribution in [0.2, 0.25) is 0 Å². The Morgan fingerprint density at radius 2 is 1.79 bits per heavy atom. The third kappa shape index (κ3) is 4.75. The van der Waals surface area contributed by atoms with E-state index in [0.717, 1.165) is 37.6 Å². The topological polar surface area (TPSA) is 68.7 Å². The lowest BCUT2D eigenvalue weighted by molar-refractivity contribution is 0.122. The third-order valence-corrected chi connectivity index (χ3v) is 4.66. The van der Waals surface area contributed by atoms with Crippen molar-refractivity contribution in [2.75, 3.05) is 43.6 Å². The van der Waals surface area contributed by atoms with E-state index in [4.69, 9.17) is 14.2 Å². The largest absolute Gasteiger partial charge is 0.493 e. The molecule has 0 saturated carbocycles. The Morgan fingerprint density at radius 1 is 1.00 bits per heavy atom. The molecule has 0 amide bonds. The van der Waals surface area contributed by atoms with Gasteiger partial charge in [-0.15, -0.1) is 0 Å². The normalized spacial score (nSPS) is 13.8. The van der Waals surface area contributed by atoms with Crippen molar-refractivity contribution in [3.8, 4) is 17.4 Å². The van der Waals surface area contributed by atoms with Crippen molar-refractivity contribution in [3.63, 3.8) is 0 Å². The molecule has 1 aliphatic rings. The Balaban J connectivity index is 1.45. The molecule has 0 aliphatic carbocycles. The lowest BCUT2D eigenvalue weighted by Crippen LogP contribution is -2.36. The molecule has 1 N–H and O–H groups in total. The summed E-state index contributed by atoms with van der Waals surface area (Å²) in [6.45, 7) is 5.37. The highest BCUT2D eigenvalue weighted by Crippen LogP contribution is 2.31. The molecule has 0 radical (unpaired) electrons. The van der Waals surface area contributed by atoms with Gasteiger partial charge < -0.3 is 24.4 Å². The van der Waals surface area contributed by atoms with Crippen LogP contribution < -0.4 is 19.7 Å². The number of nitrogens with zero attached hydrogens (tertiary/aromatic N) is 3. The predicted octanol–water partition coefficient (Wildman–Crippen LogP) is 4.17. The highest BCUT2D eigenvalue weighted by atomic mass is 16.5. The van der Waals surface area contributed by atoms with E-state index in [2.05, 4.69) is 32.3 Å². The van der Waals surface area contributed by atoms with Gasteiger partial charge in [0.1, 0.15) is 0 Å². The number of hydrogen-bond acceptors (Lipinski definition) is 7. The van der Waals surface area contributed by atoms with Crippen molar-refractivity contribution in [2.45, 2.75) is 6.92 Å². The van der Waals surface area contributed by atoms with Gasteiger partial charge in [-0.2, -0.15) is 4.98 Å². The fourth-order valence-corrected chi connectivity index (χ4v) is 3.14. The first-order chi connectivity index (χ1) is 14.2. The Morgan fingerprint density at radius 3 is 2.55 bits per heavy atom. The van der Waals surface area contributed by atoms with Gasteiger partial charge >= 0.3 is 0 Å². The van der Waals surface area contributed by atoms with E-state index < -0.39 is 0 Å². The van der Waals surface area contributed by atoms with Gasteiger partial charge in [-0.25, -0.2) is 4.98 Å². The molecule has 1 aromatic heterocycles. The summed E-state index contributed by atoms with van der Waals surface area (Å²) in [5.41, 5.74) is 3.19. The summed E-state index contributed by atoms with van der Waals surface area (Å²) in [4.78, 5) is 11.0. The summed E-state index contributed by atoms with van der Waals surface area (Å²) in [5.74, 6) is 2.18. The maximum absolute atomic E-state index is 5.90. The average Bonchev–Trinajstić information content (AvgIpc) is 2.76. The maximum atomic E-state index is 5.90. The molecular formula is C22H24N4O3. The highest BCUT2D eigenvalue weighted by Gasteiger charge is 2.11. The maximum Gasteiger partial charge on any atom is 0.230 e. The summed E-state index contributed by atoms with van der Waals surface area (Å²) in [6.07, 6.45) is 1.66. The van der Waals surface area contributed by atoms with Crippen molar-refractivity contribution in [3.05, 3.63) is 60.3 Å². The molecule has 0 bridgehead atoms. The lowest BCUT2D eigenvalue weighted by atomic mass is 10.2. The van der Waals surface area contributed by atoms with Gasteiger partial charge in [0, 0.05) is 36.7 Å². The highest BCUT2D eigenvalue weighted by molar-refractivity contribution is 5.59. The molecule has 7 nitrogen and oxygen atoms in total. The molecule has 7 heteroatoms. The number of rotatable bonds is 6. The van der Waals surface area contributed by atoms with Crippen LogP contribution in [0, 0.1) is 6.92 Å². The van der Waals surface area contributed by atoms with Crippen LogP contribution in [-0.4, -0.2) is 43.4 Å². The third-order valence-electron chi connectivity index (χ3n) is 4.66. The molecule has 1 saturated heterocycles. The van der Waals surface area contributed by atoms with Crippen LogP contribution in [0.25, 0.3) is 0 Å². The van der Waals surface area contributed by atoms with Gasteiger partial charge in [-0.3, -0.25) is 0 Å². The first-order valence-corrected chi connectivity index (χ1v) is 9.56. The Kier molecular flexibility index (Phi) is 5.76. The van der Waals surface area contributed by atoms with Gasteiger partial charge in [-0.05, 0) is 48.9 Å². The molecule has 0 atom stereocenters. The number of hydrogen-bond donors (Lipinski definition) is 1. The van der Waals surface area contributed by atoms with Crippen molar-refractivity contribution in [2.24, 2.45) is 0 Å². The van der Waals surface area contributed by atoms with E-state index in [1.807, 2.05) is 37.3 Å². The van der Waals surface area contributed by atoms with Gasteiger partial charge in [0.2, 0.25) is 11.8 Å². The van der Waals surface area contributed by atoms with E-state index in [-0.39, 0.29) is 0 Å². The fourth-order valence-electron chi connectivity index (χ4n) is 3.14. The van der Waals surface area contributed by atoms with E-state index in [0.29, 0.717) is 23.3 Å². The first-order valence-electron chi connectivity index (χ1n) is 9.56. The predicted molar refractivity (Wildman–Crippen MR) is 113 cm³/mol. The molecule has 0 unspecified atom stereocenters. The second-order valence-corrected chi connectivity index (χ2v) is 6.75. The molecule has 4 rings (SSSR count). The summed E-state index contributed by atoms with van der Waals surface area (Å²) in [5, 5.41) is 3.22. The standard InChI is InChI=1S/C22H24N4O3/c1-16-3-8-19(20(15-16)27-2)29-21-9-10-23-22(25-21)24-17-4-6-18(7-5-17)26-11-13-28-14-12-26/h3-10,15H,11-14H2,1-2H3,(H,23,24,25). The number of methoxy groups -OCH3 is 1. The number of anilines is 3. The Hall–Kier alpha value is -3.32. The minimum absolute atomic E-state index is 0.439. The van der Waals surface area contributed by atoms with Crippen LogP contribution in [0.1, 0.15) is 5.56 Å². The van der Waals surface area contributed by atoms with Crippen LogP contribution in [-0.2, 0) is 4.74 Å². The number of benzene rings is 2. The summed E-state index contributed by atoms with van der Waals surface area (Å²) in [7, 11) is 1.62. The average molecular weight is 392 g/mol. The molecule has 150 valence electrons. The summed E-state index contributed by atoms with van der Waals surface area (Å²) in [6, 6.07) is 15.7. The number of aryl methyl sites for hydroxylation is 1. The van der Waals surface area contributed by atoms with Crippen molar-refractivity contribution >= 4 is 17.3 Å². The van der Waals surface area contributed by atoms with Crippen LogP contribution in [0.5, 0.6) is 17.4 Å². The SMILES string of the molecule is COc1cc(C)ccc1Oc1ccnc(Nc2ccc(N3CCOCC3)cc2)n1. The van der Waals surface area contributed by atoms with E-state index in [9.17, 15) is 0 Å².